The van der Waals surface area contributed by atoms with E-state index in [9.17, 15) is 8.78 Å². The van der Waals surface area contributed by atoms with E-state index in [4.69, 9.17) is 0 Å². The average molecular weight is 312 g/mol. The van der Waals surface area contributed by atoms with Crippen molar-refractivity contribution in [3.8, 4) is 11.1 Å². The fourth-order valence-electron chi connectivity index (χ4n) is 1.80. The van der Waals surface area contributed by atoms with E-state index in [2.05, 4.69) is 21.2 Å². The van der Waals surface area contributed by atoms with Gasteiger partial charge in [-0.15, -0.1) is 0 Å². The average Bonchev–Trinajstić information content (AvgIpc) is 2.34. The van der Waals surface area contributed by atoms with Gasteiger partial charge in [-0.05, 0) is 40.7 Å². The summed E-state index contributed by atoms with van der Waals surface area (Å²) in [7, 11) is 1.79. The van der Waals surface area contributed by atoms with Crippen molar-refractivity contribution in [3.63, 3.8) is 0 Å². The molecule has 94 valence electrons. The normalized spacial score (nSPS) is 10.7. The van der Waals surface area contributed by atoms with Crippen LogP contribution in [0, 0.1) is 11.6 Å². The highest BCUT2D eigenvalue weighted by atomic mass is 79.9. The summed E-state index contributed by atoms with van der Waals surface area (Å²) >= 11 is 3.10. The van der Waals surface area contributed by atoms with E-state index in [0.717, 1.165) is 5.56 Å². The Morgan fingerprint density at radius 2 is 1.89 bits per heavy atom. The van der Waals surface area contributed by atoms with Crippen LogP contribution in [0.3, 0.4) is 0 Å². The van der Waals surface area contributed by atoms with Crippen molar-refractivity contribution in [2.45, 2.75) is 6.54 Å². The van der Waals surface area contributed by atoms with Crippen molar-refractivity contribution in [1.82, 2.24) is 5.32 Å². The highest BCUT2D eigenvalue weighted by Gasteiger charge is 2.12. The molecule has 0 aromatic heterocycles. The molecule has 2 aromatic carbocycles. The first-order valence-electron chi connectivity index (χ1n) is 5.51. The van der Waals surface area contributed by atoms with Gasteiger partial charge < -0.3 is 5.32 Å². The lowest BCUT2D eigenvalue weighted by Crippen LogP contribution is -2.05. The lowest BCUT2D eigenvalue weighted by atomic mass is 10.0. The Balaban J connectivity index is 2.48. The monoisotopic (exact) mass is 311 g/mol. The van der Waals surface area contributed by atoms with Crippen molar-refractivity contribution >= 4 is 15.9 Å². The summed E-state index contributed by atoms with van der Waals surface area (Å²) in [6.45, 7) is 0.582. The van der Waals surface area contributed by atoms with Crippen LogP contribution in [-0.4, -0.2) is 7.05 Å². The van der Waals surface area contributed by atoms with Gasteiger partial charge in [0, 0.05) is 17.7 Å². The molecule has 0 aliphatic rings. The van der Waals surface area contributed by atoms with E-state index in [-0.39, 0.29) is 11.1 Å². The van der Waals surface area contributed by atoms with Crippen molar-refractivity contribution < 1.29 is 8.78 Å². The second-order valence-electron chi connectivity index (χ2n) is 3.95. The first kappa shape index (κ1) is 13.2. The molecule has 0 bridgehead atoms. The third-order valence-electron chi connectivity index (χ3n) is 2.66. The van der Waals surface area contributed by atoms with E-state index in [1.165, 1.54) is 6.07 Å². The Hall–Kier alpha value is -1.26. The molecule has 0 spiro atoms. The molecule has 1 N–H and O–H groups in total. The van der Waals surface area contributed by atoms with Gasteiger partial charge in [0.25, 0.3) is 0 Å². The predicted molar refractivity (Wildman–Crippen MR) is 72.3 cm³/mol. The Bertz CT molecular complexity index is 570. The number of halogens is 3. The summed E-state index contributed by atoms with van der Waals surface area (Å²) in [5.74, 6) is -0.863. The molecular weight excluding hydrogens is 300 g/mol. The first-order valence-corrected chi connectivity index (χ1v) is 6.30. The molecular formula is C14H12BrF2N. The van der Waals surface area contributed by atoms with Gasteiger partial charge in [0.15, 0.2) is 0 Å². The van der Waals surface area contributed by atoms with E-state index in [1.807, 2.05) is 0 Å². The van der Waals surface area contributed by atoms with Crippen LogP contribution in [0.25, 0.3) is 11.1 Å². The van der Waals surface area contributed by atoms with Crippen LogP contribution in [0.4, 0.5) is 8.78 Å². The number of hydrogen-bond acceptors (Lipinski definition) is 1. The molecule has 1 nitrogen and oxygen atoms in total. The van der Waals surface area contributed by atoms with Crippen LogP contribution in [-0.2, 0) is 6.54 Å². The van der Waals surface area contributed by atoms with Crippen LogP contribution in [0.2, 0.25) is 0 Å². The zero-order chi connectivity index (χ0) is 13.1. The molecule has 0 amide bonds. The third-order valence-corrected chi connectivity index (χ3v) is 3.27. The van der Waals surface area contributed by atoms with Crippen LogP contribution in [0.5, 0.6) is 0 Å². The molecule has 18 heavy (non-hydrogen) atoms. The van der Waals surface area contributed by atoms with Crippen molar-refractivity contribution in [2.75, 3.05) is 7.05 Å². The molecule has 0 radical (unpaired) electrons. The summed E-state index contributed by atoms with van der Waals surface area (Å²) in [4.78, 5) is 0. The summed E-state index contributed by atoms with van der Waals surface area (Å²) < 4.78 is 28.2. The molecule has 0 aliphatic heterocycles. The van der Waals surface area contributed by atoms with Crippen molar-refractivity contribution in [2.24, 2.45) is 0 Å². The van der Waals surface area contributed by atoms with Crippen LogP contribution in [0.1, 0.15) is 5.56 Å². The number of nitrogens with one attached hydrogen (secondary N) is 1. The van der Waals surface area contributed by atoms with Gasteiger partial charge in [0.1, 0.15) is 11.6 Å². The maximum absolute atomic E-state index is 14.0. The number of rotatable bonds is 3. The smallest absolute Gasteiger partial charge is 0.145 e. The molecule has 2 rings (SSSR count). The summed E-state index contributed by atoms with van der Waals surface area (Å²) in [5.41, 5.74) is 1.36. The molecule has 2 aromatic rings. The highest BCUT2D eigenvalue weighted by Crippen LogP contribution is 2.30. The second-order valence-corrected chi connectivity index (χ2v) is 4.80. The van der Waals surface area contributed by atoms with E-state index >= 15 is 0 Å². The summed E-state index contributed by atoms with van der Waals surface area (Å²) in [6.07, 6.45) is 0. The summed E-state index contributed by atoms with van der Waals surface area (Å²) in [6, 6.07) is 9.65. The molecule has 0 fully saturated rings. The van der Waals surface area contributed by atoms with Gasteiger partial charge in [-0.25, -0.2) is 8.78 Å². The fraction of sp³-hybridized carbons (Fsp3) is 0.143. The maximum atomic E-state index is 14.0. The van der Waals surface area contributed by atoms with Gasteiger partial charge in [0.2, 0.25) is 0 Å². The molecule has 0 atom stereocenters. The third kappa shape index (κ3) is 2.60. The van der Waals surface area contributed by atoms with E-state index < -0.39 is 11.6 Å². The lowest BCUT2D eigenvalue weighted by molar-refractivity contribution is 0.611. The predicted octanol–water partition coefficient (Wildman–Crippen LogP) is 4.11. The van der Waals surface area contributed by atoms with Crippen LogP contribution in [0.15, 0.2) is 40.9 Å². The molecule has 0 saturated carbocycles. The molecule has 4 heteroatoms. The Labute approximate surface area is 113 Å². The summed E-state index contributed by atoms with van der Waals surface area (Å²) in [5, 5.41) is 2.94. The standard InChI is InChI=1S/C14H12BrF2N/c1-18-8-9-5-6-10(13(16)7-9)11-3-2-4-12(15)14(11)17/h2-7,18H,8H2,1H3. The molecule has 0 saturated heterocycles. The zero-order valence-electron chi connectivity index (χ0n) is 9.81. The SMILES string of the molecule is CNCc1ccc(-c2cccc(Br)c2F)c(F)c1. The number of benzene rings is 2. The second kappa shape index (κ2) is 5.59. The Morgan fingerprint density at radius 1 is 1.11 bits per heavy atom. The quantitative estimate of drug-likeness (QED) is 0.899. The van der Waals surface area contributed by atoms with Gasteiger partial charge in [-0.2, -0.15) is 0 Å². The van der Waals surface area contributed by atoms with Crippen molar-refractivity contribution in [3.05, 3.63) is 58.1 Å². The van der Waals surface area contributed by atoms with Gasteiger partial charge in [0.05, 0.1) is 4.47 Å². The van der Waals surface area contributed by atoms with Crippen LogP contribution >= 0.6 is 15.9 Å². The Kier molecular flexibility index (Phi) is 4.09. The van der Waals surface area contributed by atoms with Crippen LogP contribution < -0.4 is 5.32 Å². The molecule has 0 heterocycles. The Morgan fingerprint density at radius 3 is 2.56 bits per heavy atom. The minimum Gasteiger partial charge on any atom is -0.316 e. The van der Waals surface area contributed by atoms with Crippen molar-refractivity contribution in [1.29, 1.82) is 0 Å². The highest BCUT2D eigenvalue weighted by molar-refractivity contribution is 9.10. The maximum Gasteiger partial charge on any atom is 0.145 e. The fourth-order valence-corrected chi connectivity index (χ4v) is 2.17. The lowest BCUT2D eigenvalue weighted by Gasteiger charge is -2.08. The van der Waals surface area contributed by atoms with Gasteiger partial charge in [-0.1, -0.05) is 24.3 Å². The first-order chi connectivity index (χ1) is 8.63. The molecule has 0 aliphatic carbocycles. The topological polar surface area (TPSA) is 12.0 Å². The minimum absolute atomic E-state index is 0.262. The zero-order valence-corrected chi connectivity index (χ0v) is 11.4. The minimum atomic E-state index is -0.447. The van der Waals surface area contributed by atoms with Gasteiger partial charge >= 0.3 is 0 Å². The van der Waals surface area contributed by atoms with E-state index in [1.54, 1.807) is 37.4 Å². The largest absolute Gasteiger partial charge is 0.316 e. The molecule has 0 unspecified atom stereocenters. The van der Waals surface area contributed by atoms with Gasteiger partial charge in [-0.3, -0.25) is 0 Å². The number of hydrogen-bond donors (Lipinski definition) is 1. The van der Waals surface area contributed by atoms with E-state index in [0.29, 0.717) is 11.0 Å².